The van der Waals surface area contributed by atoms with Crippen LogP contribution in [0.1, 0.15) is 13.8 Å². The molecule has 1 rings (SSSR count). The lowest BCUT2D eigenvalue weighted by atomic mass is 10.3. The van der Waals surface area contributed by atoms with Crippen molar-refractivity contribution >= 4 is 11.8 Å². The zero-order valence-corrected chi connectivity index (χ0v) is 11.0. The molecule has 0 aromatic heterocycles. The largest absolute Gasteiger partial charge is 0.377 e. The van der Waals surface area contributed by atoms with Crippen LogP contribution in [0.25, 0.3) is 0 Å². The maximum absolute atomic E-state index is 12.7. The van der Waals surface area contributed by atoms with Crippen LogP contribution in [0, 0.1) is 5.82 Å². The van der Waals surface area contributed by atoms with E-state index in [1.54, 1.807) is 23.9 Å². The highest BCUT2D eigenvalue weighted by Gasteiger charge is 2.08. The van der Waals surface area contributed by atoms with Crippen molar-refractivity contribution in [3.63, 3.8) is 0 Å². The van der Waals surface area contributed by atoms with Crippen LogP contribution < -0.4 is 11.3 Å². The summed E-state index contributed by atoms with van der Waals surface area (Å²) in [6, 6.07) is 6.52. The number of rotatable bonds is 7. The van der Waals surface area contributed by atoms with Gasteiger partial charge in [0.1, 0.15) is 5.82 Å². The fraction of sp³-hybridized carbons (Fsp3) is 0.500. The van der Waals surface area contributed by atoms with Crippen LogP contribution >= 0.6 is 11.8 Å². The second-order valence-corrected chi connectivity index (χ2v) is 5.10. The molecule has 1 unspecified atom stereocenters. The predicted molar refractivity (Wildman–Crippen MR) is 69.3 cm³/mol. The van der Waals surface area contributed by atoms with Gasteiger partial charge in [-0.3, -0.25) is 11.3 Å². The van der Waals surface area contributed by atoms with Gasteiger partial charge < -0.3 is 4.74 Å². The lowest BCUT2D eigenvalue weighted by molar-refractivity contribution is 0.0655. The summed E-state index contributed by atoms with van der Waals surface area (Å²) >= 11 is 1.62. The maximum atomic E-state index is 12.7. The Bertz CT molecular complexity index is 319. The van der Waals surface area contributed by atoms with E-state index in [-0.39, 0.29) is 18.0 Å². The number of nitrogens with two attached hydrogens (primary N) is 1. The van der Waals surface area contributed by atoms with Crippen LogP contribution in [0.4, 0.5) is 4.39 Å². The van der Waals surface area contributed by atoms with E-state index in [1.807, 2.05) is 13.8 Å². The van der Waals surface area contributed by atoms with Crippen LogP contribution in [-0.4, -0.2) is 24.5 Å². The molecule has 1 aromatic carbocycles. The quantitative estimate of drug-likeness (QED) is 0.447. The topological polar surface area (TPSA) is 47.3 Å². The van der Waals surface area contributed by atoms with Crippen molar-refractivity contribution in [2.24, 2.45) is 5.84 Å². The van der Waals surface area contributed by atoms with Crippen LogP contribution in [0.3, 0.4) is 0 Å². The molecule has 0 saturated heterocycles. The van der Waals surface area contributed by atoms with Gasteiger partial charge in [0.2, 0.25) is 0 Å². The van der Waals surface area contributed by atoms with Gasteiger partial charge in [-0.1, -0.05) is 0 Å². The molecule has 0 amide bonds. The van der Waals surface area contributed by atoms with E-state index in [1.165, 1.54) is 12.1 Å². The average Bonchev–Trinajstić information content (AvgIpc) is 2.31. The van der Waals surface area contributed by atoms with E-state index in [4.69, 9.17) is 10.6 Å². The van der Waals surface area contributed by atoms with Gasteiger partial charge in [0, 0.05) is 10.6 Å². The maximum Gasteiger partial charge on any atom is 0.123 e. The molecule has 17 heavy (non-hydrogen) atoms. The molecular formula is C12H19FN2OS. The molecule has 1 aromatic rings. The number of ether oxygens (including phenoxy) is 1. The smallest absolute Gasteiger partial charge is 0.123 e. The number of halogens is 1. The molecule has 0 spiro atoms. The SMILES string of the molecule is CC(C)OCC(CSc1ccc(F)cc1)NN. The molecule has 0 heterocycles. The summed E-state index contributed by atoms with van der Waals surface area (Å²) in [6.45, 7) is 4.55. The molecule has 0 aliphatic rings. The summed E-state index contributed by atoms with van der Waals surface area (Å²) in [5.74, 6) is 6.01. The molecule has 5 heteroatoms. The zero-order valence-electron chi connectivity index (χ0n) is 10.2. The van der Waals surface area contributed by atoms with Crippen molar-refractivity contribution in [3.8, 4) is 0 Å². The monoisotopic (exact) mass is 258 g/mol. The number of benzene rings is 1. The minimum absolute atomic E-state index is 0.0902. The van der Waals surface area contributed by atoms with Gasteiger partial charge in [-0.15, -0.1) is 11.8 Å². The number of hydrazine groups is 1. The first kappa shape index (κ1) is 14.4. The fourth-order valence-electron chi connectivity index (χ4n) is 1.18. The first-order valence-electron chi connectivity index (χ1n) is 5.58. The average molecular weight is 258 g/mol. The van der Waals surface area contributed by atoms with E-state index in [2.05, 4.69) is 5.43 Å². The van der Waals surface area contributed by atoms with Gasteiger partial charge in [-0.2, -0.15) is 0 Å². The Kier molecular flexibility index (Phi) is 6.50. The minimum Gasteiger partial charge on any atom is -0.377 e. The van der Waals surface area contributed by atoms with Gasteiger partial charge in [-0.05, 0) is 38.1 Å². The van der Waals surface area contributed by atoms with Crippen molar-refractivity contribution in [2.75, 3.05) is 12.4 Å². The summed E-state index contributed by atoms with van der Waals surface area (Å²) in [6.07, 6.45) is 0.196. The number of hydrogen-bond acceptors (Lipinski definition) is 4. The second-order valence-electron chi connectivity index (χ2n) is 4.01. The summed E-state index contributed by atoms with van der Waals surface area (Å²) in [7, 11) is 0. The summed E-state index contributed by atoms with van der Waals surface area (Å²) in [4.78, 5) is 1.02. The molecule has 0 radical (unpaired) electrons. The Balaban J connectivity index is 2.34. The summed E-state index contributed by atoms with van der Waals surface area (Å²) < 4.78 is 18.2. The Morgan fingerprint density at radius 3 is 2.53 bits per heavy atom. The standard InChI is InChI=1S/C12H19FN2OS/c1-9(2)16-7-11(15-14)8-17-12-5-3-10(13)4-6-12/h3-6,9,11,15H,7-8,14H2,1-2H3. The highest BCUT2D eigenvalue weighted by atomic mass is 32.2. The summed E-state index contributed by atoms with van der Waals surface area (Å²) in [5, 5.41) is 0. The number of nitrogens with one attached hydrogen (secondary N) is 1. The molecule has 3 nitrogen and oxygen atoms in total. The highest BCUT2D eigenvalue weighted by Crippen LogP contribution is 2.18. The van der Waals surface area contributed by atoms with E-state index in [9.17, 15) is 4.39 Å². The number of hydrogen-bond donors (Lipinski definition) is 2. The molecule has 3 N–H and O–H groups in total. The Hall–Kier alpha value is -0.620. The minimum atomic E-state index is -0.217. The summed E-state index contributed by atoms with van der Waals surface area (Å²) in [5.41, 5.74) is 2.72. The normalized spacial score (nSPS) is 13.0. The molecule has 0 bridgehead atoms. The molecular weight excluding hydrogens is 239 g/mol. The van der Waals surface area contributed by atoms with Crippen molar-refractivity contribution < 1.29 is 9.13 Å². The van der Waals surface area contributed by atoms with Gasteiger partial charge in [0.25, 0.3) is 0 Å². The van der Waals surface area contributed by atoms with Gasteiger partial charge >= 0.3 is 0 Å². The van der Waals surface area contributed by atoms with Crippen LogP contribution in [-0.2, 0) is 4.74 Å². The molecule has 0 aliphatic carbocycles. The van der Waals surface area contributed by atoms with Crippen LogP contribution in [0.5, 0.6) is 0 Å². The first-order valence-corrected chi connectivity index (χ1v) is 6.56. The molecule has 0 aliphatic heterocycles. The van der Waals surface area contributed by atoms with Crippen molar-refractivity contribution in [2.45, 2.75) is 30.9 Å². The third kappa shape index (κ3) is 6.02. The van der Waals surface area contributed by atoms with Crippen LogP contribution in [0.15, 0.2) is 29.2 Å². The van der Waals surface area contributed by atoms with E-state index < -0.39 is 0 Å². The third-order valence-corrected chi connectivity index (χ3v) is 3.31. The Labute approximate surface area is 106 Å². The third-order valence-electron chi connectivity index (χ3n) is 2.13. The van der Waals surface area contributed by atoms with Crippen molar-refractivity contribution in [1.29, 1.82) is 0 Å². The second kappa shape index (κ2) is 7.66. The lowest BCUT2D eigenvalue weighted by Crippen LogP contribution is -2.41. The molecule has 0 saturated carbocycles. The lowest BCUT2D eigenvalue weighted by Gasteiger charge is -2.17. The van der Waals surface area contributed by atoms with E-state index in [0.29, 0.717) is 6.61 Å². The van der Waals surface area contributed by atoms with Gasteiger partial charge in [0.15, 0.2) is 0 Å². The van der Waals surface area contributed by atoms with Gasteiger partial charge in [-0.25, -0.2) is 4.39 Å². The van der Waals surface area contributed by atoms with Crippen molar-refractivity contribution in [3.05, 3.63) is 30.1 Å². The Morgan fingerprint density at radius 2 is 2.00 bits per heavy atom. The van der Waals surface area contributed by atoms with E-state index in [0.717, 1.165) is 10.6 Å². The Morgan fingerprint density at radius 1 is 1.35 bits per heavy atom. The molecule has 0 fully saturated rings. The molecule has 96 valence electrons. The van der Waals surface area contributed by atoms with Crippen LogP contribution in [0.2, 0.25) is 0 Å². The first-order chi connectivity index (χ1) is 8.11. The van der Waals surface area contributed by atoms with E-state index >= 15 is 0 Å². The highest BCUT2D eigenvalue weighted by molar-refractivity contribution is 7.99. The fourth-order valence-corrected chi connectivity index (χ4v) is 2.10. The molecule has 1 atom stereocenters. The van der Waals surface area contributed by atoms with Gasteiger partial charge in [0.05, 0.1) is 18.8 Å². The predicted octanol–water partition coefficient (Wildman–Crippen LogP) is 2.17. The zero-order chi connectivity index (χ0) is 12.7. The number of thioether (sulfide) groups is 1. The van der Waals surface area contributed by atoms with Crippen molar-refractivity contribution in [1.82, 2.24) is 5.43 Å².